The Hall–Kier alpha value is -2.85. The zero-order valence-corrected chi connectivity index (χ0v) is 15.8. The van der Waals surface area contributed by atoms with Gasteiger partial charge in [0.1, 0.15) is 5.75 Å². The Morgan fingerprint density at radius 2 is 1.81 bits per heavy atom. The molecule has 1 aromatic heterocycles. The number of nitrogens with one attached hydrogen (secondary N) is 1. The molecule has 0 aliphatic rings. The Morgan fingerprint density at radius 3 is 2.44 bits per heavy atom. The van der Waals surface area contributed by atoms with Crippen LogP contribution in [0.25, 0.3) is 0 Å². The number of ether oxygens (including phenoxy) is 1. The monoisotopic (exact) mass is 380 g/mol. The molecule has 138 valence electrons. The van der Waals surface area contributed by atoms with E-state index in [2.05, 4.69) is 10.3 Å². The Kier molecular flexibility index (Phi) is 6.44. The van der Waals surface area contributed by atoms with Crippen molar-refractivity contribution in [1.29, 1.82) is 0 Å². The van der Waals surface area contributed by atoms with Gasteiger partial charge in [0.05, 0.1) is 13.0 Å². The number of methoxy groups -OCH3 is 1. The van der Waals surface area contributed by atoms with E-state index >= 15 is 0 Å². The molecule has 1 atom stereocenters. The number of carbonyl (C=O) groups excluding carboxylic acids is 1. The zero-order chi connectivity index (χ0) is 19.1. The van der Waals surface area contributed by atoms with E-state index in [4.69, 9.17) is 16.3 Å². The number of carbonyl (C=O) groups is 1. The SMILES string of the molecule is COc1ccc(CNC(=O)C(Cc2ccccn2)c2ccc(Cl)cc2)cc1. The van der Waals surface area contributed by atoms with Crippen LogP contribution in [0.3, 0.4) is 0 Å². The Morgan fingerprint density at radius 1 is 1.07 bits per heavy atom. The van der Waals surface area contributed by atoms with Crippen molar-refractivity contribution in [3.8, 4) is 5.75 Å². The summed E-state index contributed by atoms with van der Waals surface area (Å²) in [6.45, 7) is 0.454. The van der Waals surface area contributed by atoms with Gasteiger partial charge in [-0.2, -0.15) is 0 Å². The number of hydrogen-bond acceptors (Lipinski definition) is 3. The van der Waals surface area contributed by atoms with Crippen molar-refractivity contribution in [2.24, 2.45) is 0 Å². The molecule has 0 aliphatic carbocycles. The third kappa shape index (κ3) is 5.31. The lowest BCUT2D eigenvalue weighted by atomic mass is 9.93. The van der Waals surface area contributed by atoms with Crippen molar-refractivity contribution in [3.63, 3.8) is 0 Å². The standard InChI is InChI=1S/C22H21ClN2O2/c1-27-20-11-5-16(6-12-20)15-25-22(26)21(14-19-4-2-3-13-24-19)17-7-9-18(23)10-8-17/h2-13,21H,14-15H2,1H3,(H,25,26). The van der Waals surface area contributed by atoms with Gasteiger partial charge in [-0.1, -0.05) is 41.9 Å². The lowest BCUT2D eigenvalue weighted by Crippen LogP contribution is -2.30. The maximum atomic E-state index is 12.9. The lowest BCUT2D eigenvalue weighted by Gasteiger charge is -2.17. The molecule has 27 heavy (non-hydrogen) atoms. The van der Waals surface area contributed by atoms with E-state index < -0.39 is 0 Å². The number of hydrogen-bond donors (Lipinski definition) is 1. The number of halogens is 1. The van der Waals surface area contributed by atoms with Crippen LogP contribution in [-0.4, -0.2) is 18.0 Å². The molecule has 3 rings (SSSR count). The molecular formula is C22H21ClN2O2. The van der Waals surface area contributed by atoms with Crippen LogP contribution in [0, 0.1) is 0 Å². The minimum atomic E-state index is -0.338. The largest absolute Gasteiger partial charge is 0.497 e. The molecule has 0 aliphatic heterocycles. The van der Waals surface area contributed by atoms with Crippen molar-refractivity contribution >= 4 is 17.5 Å². The van der Waals surface area contributed by atoms with Crippen LogP contribution < -0.4 is 10.1 Å². The molecule has 1 heterocycles. The fourth-order valence-corrected chi connectivity index (χ4v) is 2.97. The smallest absolute Gasteiger partial charge is 0.228 e. The van der Waals surface area contributed by atoms with Crippen LogP contribution in [0.5, 0.6) is 5.75 Å². The highest BCUT2D eigenvalue weighted by Gasteiger charge is 2.21. The number of nitrogens with zero attached hydrogens (tertiary/aromatic N) is 1. The first kappa shape index (κ1) is 18.9. The summed E-state index contributed by atoms with van der Waals surface area (Å²) in [6, 6.07) is 20.8. The second kappa shape index (κ2) is 9.19. The Balaban J connectivity index is 1.74. The Labute approximate surface area is 164 Å². The third-order valence-corrected chi connectivity index (χ3v) is 4.61. The average Bonchev–Trinajstić information content (AvgIpc) is 2.72. The van der Waals surface area contributed by atoms with Crippen molar-refractivity contribution in [2.45, 2.75) is 18.9 Å². The molecule has 0 spiro atoms. The maximum Gasteiger partial charge on any atom is 0.228 e. The van der Waals surface area contributed by atoms with E-state index in [-0.39, 0.29) is 11.8 Å². The zero-order valence-electron chi connectivity index (χ0n) is 15.1. The van der Waals surface area contributed by atoms with Crippen molar-refractivity contribution < 1.29 is 9.53 Å². The molecule has 1 N–H and O–H groups in total. The predicted octanol–water partition coefficient (Wildman–Crippen LogP) is 4.39. The average molecular weight is 381 g/mol. The van der Waals surface area contributed by atoms with E-state index in [0.717, 1.165) is 22.6 Å². The molecule has 0 fully saturated rings. The summed E-state index contributed by atoms with van der Waals surface area (Å²) < 4.78 is 5.16. The van der Waals surface area contributed by atoms with Crippen LogP contribution in [-0.2, 0) is 17.8 Å². The maximum absolute atomic E-state index is 12.9. The van der Waals surface area contributed by atoms with Gasteiger partial charge in [-0.3, -0.25) is 9.78 Å². The van der Waals surface area contributed by atoms with Gasteiger partial charge in [-0.15, -0.1) is 0 Å². The summed E-state index contributed by atoms with van der Waals surface area (Å²) in [6.07, 6.45) is 2.26. The molecule has 1 unspecified atom stereocenters. The fourth-order valence-electron chi connectivity index (χ4n) is 2.84. The summed E-state index contributed by atoms with van der Waals surface area (Å²) in [5.41, 5.74) is 2.80. The lowest BCUT2D eigenvalue weighted by molar-refractivity contribution is -0.122. The van der Waals surface area contributed by atoms with Gasteiger partial charge in [-0.25, -0.2) is 0 Å². The molecule has 0 saturated carbocycles. The Bertz CT molecular complexity index is 865. The van der Waals surface area contributed by atoms with Crippen LogP contribution >= 0.6 is 11.6 Å². The number of amides is 1. The topological polar surface area (TPSA) is 51.2 Å². The highest BCUT2D eigenvalue weighted by molar-refractivity contribution is 6.30. The van der Waals surface area contributed by atoms with E-state index in [0.29, 0.717) is 18.0 Å². The van der Waals surface area contributed by atoms with Gasteiger partial charge in [-0.05, 0) is 47.5 Å². The first-order valence-corrected chi connectivity index (χ1v) is 9.09. The predicted molar refractivity (Wildman–Crippen MR) is 107 cm³/mol. The van der Waals surface area contributed by atoms with Crippen LogP contribution in [0.15, 0.2) is 72.9 Å². The molecular weight excluding hydrogens is 360 g/mol. The van der Waals surface area contributed by atoms with E-state index in [1.807, 2.05) is 54.6 Å². The van der Waals surface area contributed by atoms with Gasteiger partial charge in [0.15, 0.2) is 0 Å². The van der Waals surface area contributed by atoms with Gasteiger partial charge < -0.3 is 10.1 Å². The van der Waals surface area contributed by atoms with Crippen molar-refractivity contribution in [3.05, 3.63) is 94.8 Å². The number of rotatable bonds is 7. The second-order valence-electron chi connectivity index (χ2n) is 6.20. The minimum absolute atomic E-state index is 0.0428. The van der Waals surface area contributed by atoms with Crippen LogP contribution in [0.4, 0.5) is 0 Å². The molecule has 0 radical (unpaired) electrons. The van der Waals surface area contributed by atoms with Gasteiger partial charge in [0, 0.05) is 29.9 Å². The summed E-state index contributed by atoms with van der Waals surface area (Å²) in [5.74, 6) is 0.411. The molecule has 3 aromatic rings. The summed E-state index contributed by atoms with van der Waals surface area (Å²) in [5, 5.41) is 3.68. The highest BCUT2D eigenvalue weighted by Crippen LogP contribution is 2.23. The molecule has 0 saturated heterocycles. The number of pyridine rings is 1. The van der Waals surface area contributed by atoms with E-state index in [1.54, 1.807) is 25.4 Å². The summed E-state index contributed by atoms with van der Waals surface area (Å²) in [4.78, 5) is 17.3. The number of aromatic nitrogens is 1. The third-order valence-electron chi connectivity index (χ3n) is 4.35. The molecule has 5 heteroatoms. The number of benzene rings is 2. The van der Waals surface area contributed by atoms with Gasteiger partial charge in [0.2, 0.25) is 5.91 Å². The first-order valence-electron chi connectivity index (χ1n) is 8.71. The first-order chi connectivity index (χ1) is 13.2. The quantitative estimate of drug-likeness (QED) is 0.661. The van der Waals surface area contributed by atoms with Gasteiger partial charge >= 0.3 is 0 Å². The normalized spacial score (nSPS) is 11.6. The molecule has 1 amide bonds. The van der Waals surface area contributed by atoms with Crippen LogP contribution in [0.1, 0.15) is 22.7 Å². The summed E-state index contributed by atoms with van der Waals surface area (Å²) >= 11 is 6.00. The summed E-state index contributed by atoms with van der Waals surface area (Å²) in [7, 11) is 1.63. The van der Waals surface area contributed by atoms with E-state index in [1.165, 1.54) is 0 Å². The van der Waals surface area contributed by atoms with E-state index in [9.17, 15) is 4.79 Å². The van der Waals surface area contributed by atoms with Crippen molar-refractivity contribution in [2.75, 3.05) is 7.11 Å². The minimum Gasteiger partial charge on any atom is -0.497 e. The second-order valence-corrected chi connectivity index (χ2v) is 6.63. The molecule has 0 bridgehead atoms. The fraction of sp³-hybridized carbons (Fsp3) is 0.182. The van der Waals surface area contributed by atoms with Gasteiger partial charge in [0.25, 0.3) is 0 Å². The van der Waals surface area contributed by atoms with Crippen LogP contribution in [0.2, 0.25) is 5.02 Å². The molecule has 2 aromatic carbocycles. The highest BCUT2D eigenvalue weighted by atomic mass is 35.5. The molecule has 4 nitrogen and oxygen atoms in total. The van der Waals surface area contributed by atoms with Crippen molar-refractivity contribution in [1.82, 2.24) is 10.3 Å².